The van der Waals surface area contributed by atoms with Crippen LogP contribution in [0.1, 0.15) is 64.3 Å². The van der Waals surface area contributed by atoms with Gasteiger partial charge in [0.25, 0.3) is 0 Å². The van der Waals surface area contributed by atoms with Gasteiger partial charge < -0.3 is 49.6 Å². The van der Waals surface area contributed by atoms with Crippen LogP contribution in [0.5, 0.6) is 28.7 Å². The highest BCUT2D eigenvalue weighted by Crippen LogP contribution is 2.33. The number of aromatic hydroxyl groups is 3. The van der Waals surface area contributed by atoms with Crippen molar-refractivity contribution < 1.29 is 54.4 Å². The quantitative estimate of drug-likeness (QED) is 0.0253. The summed E-state index contributed by atoms with van der Waals surface area (Å²) in [5, 5.41) is 54.3. The Labute approximate surface area is 442 Å². The molecule has 0 radical (unpaired) electrons. The molecule has 0 aromatic heterocycles. The molecule has 11 nitrogen and oxygen atoms in total. The van der Waals surface area contributed by atoms with E-state index in [2.05, 4.69) is 56.3 Å². The molecule has 6 N–H and O–H groups in total. The van der Waals surface area contributed by atoms with E-state index in [1.54, 1.807) is 84.9 Å². The number of ether oxygens (including phenoxy) is 4. The van der Waals surface area contributed by atoms with Gasteiger partial charge in [-0.25, -0.2) is 4.79 Å². The Bertz CT molecular complexity index is 2650. The molecule has 0 aliphatic carbocycles. The van der Waals surface area contributed by atoms with E-state index in [9.17, 15) is 20.1 Å². The van der Waals surface area contributed by atoms with Gasteiger partial charge in [0.15, 0.2) is 0 Å². The highest BCUT2D eigenvalue weighted by atomic mass is 31.0. The lowest BCUT2D eigenvalue weighted by molar-refractivity contribution is 0.115. The van der Waals surface area contributed by atoms with Crippen molar-refractivity contribution in [3.05, 3.63) is 198 Å². The monoisotopic (exact) mass is 1030 g/mol. The van der Waals surface area contributed by atoms with E-state index in [0.29, 0.717) is 40.5 Å². The van der Waals surface area contributed by atoms with Crippen molar-refractivity contribution in [1.82, 2.24) is 0 Å². The predicted molar refractivity (Wildman–Crippen MR) is 304 cm³/mol. The van der Waals surface area contributed by atoms with Crippen LogP contribution in [0.4, 0.5) is 4.79 Å². The largest absolute Gasteiger partial charge is 0.519 e. The Kier molecular flexibility index (Phi) is 35.6. The number of rotatable bonds is 10. The van der Waals surface area contributed by atoms with Gasteiger partial charge in [-0.2, -0.15) is 0 Å². The van der Waals surface area contributed by atoms with Gasteiger partial charge in [-0.15, -0.1) is 9.18 Å². The van der Waals surface area contributed by atoms with E-state index in [4.69, 9.17) is 35.5 Å². The first-order chi connectivity index (χ1) is 35.4. The molecule has 0 saturated heterocycles. The number of hydrogen-bond acceptors (Lipinski definition) is 11. The second-order valence-corrected chi connectivity index (χ2v) is 15.0. The fourth-order valence-electron chi connectivity index (χ4n) is 5.76. The fourth-order valence-corrected chi connectivity index (χ4v) is 5.76. The van der Waals surface area contributed by atoms with Crippen LogP contribution in [0.3, 0.4) is 0 Å². The van der Waals surface area contributed by atoms with E-state index in [1.165, 1.54) is 0 Å². The van der Waals surface area contributed by atoms with E-state index in [0.717, 1.165) is 46.1 Å². The second kappa shape index (κ2) is 40.9. The molecular weight excluding hydrogens is 952 g/mol. The highest BCUT2D eigenvalue weighted by molar-refractivity contribution is 7.15. The molecule has 0 spiro atoms. The third-order valence-corrected chi connectivity index (χ3v) is 9.36. The van der Waals surface area contributed by atoms with Crippen LogP contribution in [0, 0.1) is 35.5 Å². The molecule has 392 valence electrons. The van der Waals surface area contributed by atoms with E-state index < -0.39 is 6.16 Å². The standard InChI is InChI=1S/C18H12O.C15H16O2.C13H10O3.C9H16O3.C4H6O2.CH5P.2CH4/c19-18-11-10-16-12-15(8-9-17(16)13-18)7-6-14-4-2-1-3-5-14;1-15(2,11-3-7-13(16)8-4-11)12-5-9-14(17)10-6-12;14-13(15-11-7-3-1-4-8-11)16-12-9-5-2-6-10-12;1-2-6-11-7-3-4-8-12-9-5-10;5-3-1-2-4-6;1-2;;/h1-5,8-13,19H;3-10,16-17H,1-2H3;1-10H;10H,2,5-9H2,1H3;5-6H,3-4H2;2H2,1H3;2*1H4/i;;;;;2D;;. The number of phenols is 3. The van der Waals surface area contributed by atoms with E-state index in [1.807, 2.05) is 97.7 Å². The summed E-state index contributed by atoms with van der Waals surface area (Å²) in [6.07, 6.45) is 0.278. The third-order valence-electron chi connectivity index (χ3n) is 9.36. The number of hydrogen-bond donors (Lipinski definition) is 6. The Morgan fingerprint density at radius 1 is 0.541 bits per heavy atom. The van der Waals surface area contributed by atoms with Gasteiger partial charge in [-0.1, -0.05) is 169 Å². The zero-order chi connectivity index (χ0) is 53.4. The zero-order valence-electron chi connectivity index (χ0n) is 42.1. The summed E-state index contributed by atoms with van der Waals surface area (Å²) in [5.41, 5.74) is 4.08. The number of fused-ring (bicyclic) bond motifs is 1. The fraction of sp³-hybridized carbons (Fsp3) is 0.242. The van der Waals surface area contributed by atoms with Gasteiger partial charge in [0.2, 0.25) is 0 Å². The Morgan fingerprint density at radius 2 is 0.946 bits per heavy atom. The SMILES string of the molecule is C.C.CC(C)(c1ccc(O)cc1)c1ccc(O)cc1.CCCOCC#CCOCCO.O=C(Oc1ccccc1)Oc1ccccc1.OCC#CCO.Oc1ccc2cc(C#Cc3ccccc3)ccc2c1.[2H]PC. The number of phenolic OH excluding ortho intramolecular Hbond substituents is 3. The number of aliphatic hydroxyl groups is 3. The van der Waals surface area contributed by atoms with Crippen molar-refractivity contribution in [1.29, 1.82) is 1.28 Å². The van der Waals surface area contributed by atoms with Crippen LogP contribution in [0.15, 0.2) is 176 Å². The first-order valence-corrected chi connectivity index (χ1v) is 23.8. The molecule has 12 heteroatoms. The zero-order valence-corrected chi connectivity index (χ0v) is 42.1. The maximum Gasteiger partial charge on any atom is 0.519 e. The van der Waals surface area contributed by atoms with Gasteiger partial charge >= 0.3 is 6.16 Å². The summed E-state index contributed by atoms with van der Waals surface area (Å²) >= 11 is 0. The molecular formula is C62H73O11P. The molecule has 0 aliphatic rings. The molecule has 7 rings (SSSR count). The van der Waals surface area contributed by atoms with Crippen molar-refractivity contribution in [3.8, 4) is 64.3 Å². The topological polar surface area (TPSA) is 175 Å². The Balaban J connectivity index is 0.000000924. The minimum absolute atomic E-state index is 0. The van der Waals surface area contributed by atoms with Gasteiger partial charge in [0, 0.05) is 23.1 Å². The predicted octanol–water partition coefficient (Wildman–Crippen LogP) is 11.8. The molecule has 7 aromatic carbocycles. The molecule has 1 atom stereocenters. The normalized spacial score (nSPS) is 9.64. The van der Waals surface area contributed by atoms with Crippen LogP contribution in [-0.4, -0.2) is 91.0 Å². The van der Waals surface area contributed by atoms with Crippen molar-refractivity contribution in [3.63, 3.8) is 0 Å². The molecule has 7 aromatic rings. The van der Waals surface area contributed by atoms with Crippen LogP contribution < -0.4 is 9.47 Å². The lowest BCUT2D eigenvalue weighted by atomic mass is 9.78. The van der Waals surface area contributed by atoms with Gasteiger partial charge in [-0.05, 0) is 113 Å². The number of carbonyl (C=O) groups excluding carboxylic acids is 1. The summed E-state index contributed by atoms with van der Waals surface area (Å²) in [5.74, 6) is 18.1. The first-order valence-electron chi connectivity index (χ1n) is 23.3. The minimum atomic E-state index is -0.739. The summed E-state index contributed by atoms with van der Waals surface area (Å²) in [6, 6.07) is 53.3. The molecule has 0 amide bonds. The van der Waals surface area contributed by atoms with Gasteiger partial charge in [0.1, 0.15) is 55.2 Å². The molecule has 0 bridgehead atoms. The molecule has 74 heavy (non-hydrogen) atoms. The van der Waals surface area contributed by atoms with Crippen molar-refractivity contribution >= 4 is 26.1 Å². The van der Waals surface area contributed by atoms with Crippen LogP contribution in [-0.2, 0) is 14.9 Å². The van der Waals surface area contributed by atoms with Crippen LogP contribution in [0.2, 0.25) is 0 Å². The minimum Gasteiger partial charge on any atom is -0.508 e. The number of carbonyl (C=O) groups is 1. The molecule has 0 fully saturated rings. The summed E-state index contributed by atoms with van der Waals surface area (Å²) in [6.45, 7) is 9.77. The van der Waals surface area contributed by atoms with Gasteiger partial charge in [0.05, 0.1) is 14.5 Å². The number of benzene rings is 7. The summed E-state index contributed by atoms with van der Waals surface area (Å²) in [7, 11) is 0.333. The maximum absolute atomic E-state index is 11.3. The Morgan fingerprint density at radius 3 is 1.39 bits per heavy atom. The average Bonchev–Trinajstić information content (AvgIpc) is 3.40. The summed E-state index contributed by atoms with van der Waals surface area (Å²) < 4.78 is 26.2. The second-order valence-electron chi connectivity index (χ2n) is 15.0. The smallest absolute Gasteiger partial charge is 0.508 e. The maximum atomic E-state index is 11.3. The van der Waals surface area contributed by atoms with Crippen molar-refractivity contribution in [2.24, 2.45) is 0 Å². The average molecular weight is 1030 g/mol. The number of aliphatic hydroxyl groups excluding tert-OH is 3. The molecule has 0 saturated carbocycles. The first kappa shape index (κ1) is 64.4. The lowest BCUT2D eigenvalue weighted by Gasteiger charge is -2.26. The van der Waals surface area contributed by atoms with Gasteiger partial charge in [-0.3, -0.25) is 0 Å². The van der Waals surface area contributed by atoms with Crippen molar-refractivity contribution in [2.45, 2.75) is 47.5 Å². The molecule has 1 unspecified atom stereocenters. The third kappa shape index (κ3) is 28.4. The van der Waals surface area contributed by atoms with Crippen LogP contribution in [0.25, 0.3) is 10.8 Å². The number of para-hydroxylation sites is 2. The summed E-state index contributed by atoms with van der Waals surface area (Å²) in [4.78, 5) is 11.3. The highest BCUT2D eigenvalue weighted by Gasteiger charge is 2.22. The molecule has 0 aliphatic heterocycles. The lowest BCUT2D eigenvalue weighted by Crippen LogP contribution is -2.18. The molecule has 0 heterocycles. The van der Waals surface area contributed by atoms with Crippen LogP contribution >= 0.6 is 9.18 Å². The van der Waals surface area contributed by atoms with Crippen molar-refractivity contribution in [2.75, 3.05) is 52.9 Å². The Hall–Kier alpha value is -7.62. The van der Waals surface area contributed by atoms with E-state index in [-0.39, 0.29) is 57.3 Å². The van der Waals surface area contributed by atoms with E-state index >= 15 is 0 Å².